The van der Waals surface area contributed by atoms with Crippen molar-refractivity contribution >= 4 is 11.6 Å². The number of rotatable bonds is 15. The Morgan fingerprint density at radius 2 is 1.86 bits per heavy atom. The highest BCUT2D eigenvalue weighted by atomic mass is 16.5. The van der Waals surface area contributed by atoms with Gasteiger partial charge in [-0.05, 0) is 45.1 Å². The first-order chi connectivity index (χ1) is 13.2. The molecule has 1 fully saturated rings. The highest BCUT2D eigenvalue weighted by Crippen LogP contribution is 2.31. The number of hydrogen-bond acceptors (Lipinski definition) is 4. The lowest BCUT2D eigenvalue weighted by molar-refractivity contribution is -0.125. The van der Waals surface area contributed by atoms with Crippen molar-refractivity contribution in [2.45, 2.75) is 98.4 Å². The molecule has 1 unspecified atom stereocenters. The first-order valence-electron chi connectivity index (χ1n) is 11.5. The summed E-state index contributed by atoms with van der Waals surface area (Å²) in [6.45, 7) is 12.9. The number of carbonyl (C=O) groups excluding carboxylic acids is 2. The second-order valence-electron chi connectivity index (χ2n) is 9.56. The summed E-state index contributed by atoms with van der Waals surface area (Å²) in [5, 5.41) is 0. The van der Waals surface area contributed by atoms with Crippen molar-refractivity contribution < 1.29 is 14.3 Å². The van der Waals surface area contributed by atoms with Gasteiger partial charge in [0.05, 0.1) is 6.61 Å². The summed E-state index contributed by atoms with van der Waals surface area (Å²) in [6, 6.07) is 0.422. The third-order valence-corrected chi connectivity index (χ3v) is 6.86. The molecule has 0 radical (unpaired) electrons. The minimum absolute atomic E-state index is 0.155. The number of Topliss-reactive ketones (excluding diaryl/α,β-unsaturated/α-hetero) is 2. The molecule has 0 spiro atoms. The Balaban J connectivity index is 2.47. The molecule has 1 aliphatic heterocycles. The van der Waals surface area contributed by atoms with Crippen LogP contribution >= 0.6 is 0 Å². The molecule has 0 aromatic carbocycles. The number of methoxy groups -OCH3 is 1. The van der Waals surface area contributed by atoms with Gasteiger partial charge in [0.25, 0.3) is 0 Å². The van der Waals surface area contributed by atoms with Gasteiger partial charge in [0, 0.05) is 37.5 Å². The van der Waals surface area contributed by atoms with Gasteiger partial charge in [-0.3, -0.25) is 14.5 Å². The summed E-state index contributed by atoms with van der Waals surface area (Å²) in [5.41, 5.74) is -0.210. The number of hydrogen-bond donors (Lipinski definition) is 0. The predicted octanol–water partition coefficient (Wildman–Crippen LogP) is 5.28. The van der Waals surface area contributed by atoms with Crippen molar-refractivity contribution in [2.24, 2.45) is 17.3 Å². The fourth-order valence-electron chi connectivity index (χ4n) is 4.30. The average Bonchev–Trinajstić information content (AvgIpc) is 3.04. The summed E-state index contributed by atoms with van der Waals surface area (Å²) in [4.78, 5) is 26.8. The third kappa shape index (κ3) is 8.32. The number of ether oxygens (including phenoxy) is 1. The van der Waals surface area contributed by atoms with Gasteiger partial charge in [-0.2, -0.15) is 0 Å². The highest BCUT2D eigenvalue weighted by Gasteiger charge is 2.36. The van der Waals surface area contributed by atoms with Crippen LogP contribution in [0.2, 0.25) is 0 Å². The van der Waals surface area contributed by atoms with Gasteiger partial charge < -0.3 is 4.74 Å². The minimum atomic E-state index is -0.210. The topological polar surface area (TPSA) is 46.6 Å². The van der Waals surface area contributed by atoms with Crippen LogP contribution in [0.15, 0.2) is 0 Å². The lowest BCUT2D eigenvalue weighted by atomic mass is 9.83. The monoisotopic (exact) mass is 395 g/mol. The first kappa shape index (κ1) is 25.3. The van der Waals surface area contributed by atoms with E-state index in [1.165, 1.54) is 19.3 Å². The average molecular weight is 396 g/mol. The van der Waals surface area contributed by atoms with Gasteiger partial charge in [-0.25, -0.2) is 0 Å². The van der Waals surface area contributed by atoms with E-state index in [1.807, 2.05) is 13.8 Å². The molecule has 164 valence electrons. The van der Waals surface area contributed by atoms with Crippen LogP contribution in [-0.4, -0.2) is 49.3 Å². The van der Waals surface area contributed by atoms with E-state index in [1.54, 1.807) is 14.0 Å². The molecule has 0 saturated carbocycles. The van der Waals surface area contributed by atoms with E-state index >= 15 is 0 Å². The number of ketones is 2. The summed E-state index contributed by atoms with van der Waals surface area (Å²) < 4.78 is 5.46. The molecule has 0 amide bonds. The van der Waals surface area contributed by atoms with Crippen molar-refractivity contribution in [3.8, 4) is 0 Å². The zero-order valence-electron chi connectivity index (χ0n) is 19.4. The van der Waals surface area contributed by atoms with Gasteiger partial charge in [0.15, 0.2) is 0 Å². The largest absolute Gasteiger partial charge is 0.383 e. The van der Waals surface area contributed by atoms with Crippen LogP contribution < -0.4 is 0 Å². The summed E-state index contributed by atoms with van der Waals surface area (Å²) in [6.07, 6.45) is 9.58. The second kappa shape index (κ2) is 12.7. The van der Waals surface area contributed by atoms with E-state index in [0.29, 0.717) is 17.7 Å². The fourth-order valence-corrected chi connectivity index (χ4v) is 4.30. The van der Waals surface area contributed by atoms with E-state index in [-0.39, 0.29) is 17.1 Å². The van der Waals surface area contributed by atoms with Gasteiger partial charge >= 0.3 is 0 Å². The Morgan fingerprint density at radius 3 is 2.46 bits per heavy atom. The van der Waals surface area contributed by atoms with Gasteiger partial charge in [0.2, 0.25) is 0 Å². The summed E-state index contributed by atoms with van der Waals surface area (Å²) >= 11 is 0. The molecule has 0 aliphatic carbocycles. The highest BCUT2D eigenvalue weighted by molar-refractivity contribution is 5.81. The molecule has 4 nitrogen and oxygen atoms in total. The Labute approximate surface area is 173 Å². The van der Waals surface area contributed by atoms with Crippen molar-refractivity contribution in [3.63, 3.8) is 0 Å². The van der Waals surface area contributed by atoms with Gasteiger partial charge in [0.1, 0.15) is 11.6 Å². The van der Waals surface area contributed by atoms with Crippen LogP contribution in [0.5, 0.6) is 0 Å². The molecule has 0 aromatic heterocycles. The standard InChI is InChI=1S/C24H45NO3/c1-7-8-9-10-13-23(27)19(2)21-16-22(18-28-6)25(17-21)15-12-11-14-24(4,5)20(3)26/h19,21-22H,7-18H2,1-6H3/t19?,21-,22-/m0/s1. The number of likely N-dealkylation sites (tertiary alicyclic amines) is 1. The molecule has 1 aliphatic rings. The van der Waals surface area contributed by atoms with E-state index < -0.39 is 0 Å². The molecule has 1 saturated heterocycles. The van der Waals surface area contributed by atoms with Crippen molar-refractivity contribution in [1.29, 1.82) is 0 Å². The summed E-state index contributed by atoms with van der Waals surface area (Å²) in [5.74, 6) is 1.33. The molecule has 0 bridgehead atoms. The van der Waals surface area contributed by atoms with Gasteiger partial charge in [-0.15, -0.1) is 0 Å². The minimum Gasteiger partial charge on any atom is -0.383 e. The molecule has 28 heavy (non-hydrogen) atoms. The van der Waals surface area contributed by atoms with Crippen LogP contribution in [0.1, 0.15) is 92.4 Å². The lowest BCUT2D eigenvalue weighted by Gasteiger charge is -2.25. The van der Waals surface area contributed by atoms with Crippen molar-refractivity contribution in [3.05, 3.63) is 0 Å². The fraction of sp³-hybridized carbons (Fsp3) is 0.917. The normalized spacial score (nSPS) is 21.8. The number of unbranched alkanes of at least 4 members (excludes halogenated alkanes) is 4. The Hall–Kier alpha value is -0.740. The number of nitrogens with zero attached hydrogens (tertiary/aromatic N) is 1. The third-order valence-electron chi connectivity index (χ3n) is 6.86. The van der Waals surface area contributed by atoms with Crippen molar-refractivity contribution in [1.82, 2.24) is 4.90 Å². The molecule has 4 heteroatoms. The maximum atomic E-state index is 12.6. The molecular formula is C24H45NO3. The van der Waals surface area contributed by atoms with E-state index in [4.69, 9.17) is 4.74 Å². The lowest BCUT2D eigenvalue weighted by Crippen LogP contribution is -2.34. The van der Waals surface area contributed by atoms with Crippen LogP contribution in [0.3, 0.4) is 0 Å². The number of carbonyl (C=O) groups is 2. The zero-order chi connectivity index (χ0) is 21.2. The van der Waals surface area contributed by atoms with Crippen LogP contribution in [0.4, 0.5) is 0 Å². The predicted molar refractivity (Wildman–Crippen MR) is 117 cm³/mol. The summed E-state index contributed by atoms with van der Waals surface area (Å²) in [7, 11) is 1.77. The molecule has 1 heterocycles. The second-order valence-corrected chi connectivity index (χ2v) is 9.56. The maximum Gasteiger partial charge on any atom is 0.136 e. The Kier molecular flexibility index (Phi) is 11.5. The van der Waals surface area contributed by atoms with E-state index in [9.17, 15) is 9.59 Å². The molecule has 0 aromatic rings. The Morgan fingerprint density at radius 1 is 1.14 bits per heavy atom. The van der Waals surface area contributed by atoms with Crippen LogP contribution in [-0.2, 0) is 14.3 Å². The SMILES string of the molecule is CCCCCCC(=O)C(C)[C@H]1C[C@@H](COC)N(CCCCC(C)(C)C(C)=O)C1. The quantitative estimate of drug-likeness (QED) is 0.354. The van der Waals surface area contributed by atoms with Gasteiger partial charge in [-0.1, -0.05) is 53.4 Å². The molecule has 3 atom stereocenters. The van der Waals surface area contributed by atoms with E-state index in [0.717, 1.165) is 58.2 Å². The van der Waals surface area contributed by atoms with Crippen LogP contribution in [0.25, 0.3) is 0 Å². The maximum absolute atomic E-state index is 12.6. The smallest absolute Gasteiger partial charge is 0.136 e. The van der Waals surface area contributed by atoms with Crippen LogP contribution in [0, 0.1) is 17.3 Å². The molecule has 1 rings (SSSR count). The Bertz CT molecular complexity index is 474. The molecular weight excluding hydrogens is 350 g/mol. The zero-order valence-corrected chi connectivity index (χ0v) is 19.4. The van der Waals surface area contributed by atoms with E-state index in [2.05, 4.69) is 18.7 Å². The van der Waals surface area contributed by atoms with Crippen molar-refractivity contribution in [2.75, 3.05) is 26.8 Å². The first-order valence-corrected chi connectivity index (χ1v) is 11.5. The molecule has 0 N–H and O–H groups in total.